The van der Waals surface area contributed by atoms with Gasteiger partial charge in [0, 0.05) is 11.6 Å². The number of methoxy groups -OCH3 is 1. The third kappa shape index (κ3) is 2.74. The van der Waals surface area contributed by atoms with E-state index in [9.17, 15) is 4.79 Å². The van der Waals surface area contributed by atoms with Crippen LogP contribution in [0.3, 0.4) is 0 Å². The Morgan fingerprint density at radius 1 is 1.32 bits per heavy atom. The summed E-state index contributed by atoms with van der Waals surface area (Å²) in [5, 5.41) is 10.6. The van der Waals surface area contributed by atoms with Crippen LogP contribution < -0.4 is 10.2 Å². The van der Waals surface area contributed by atoms with Gasteiger partial charge in [-0.2, -0.15) is 0 Å². The van der Waals surface area contributed by atoms with Crippen molar-refractivity contribution in [1.82, 2.24) is 5.48 Å². The number of hydroxylamine groups is 1. The molecule has 0 fully saturated rings. The summed E-state index contributed by atoms with van der Waals surface area (Å²) in [4.78, 5) is 11.1. The van der Waals surface area contributed by atoms with Gasteiger partial charge in [0.2, 0.25) is 0 Å². The van der Waals surface area contributed by atoms with Crippen molar-refractivity contribution in [3.05, 3.63) is 47.5 Å². The van der Waals surface area contributed by atoms with Crippen LogP contribution in [-0.2, 0) is 4.79 Å². The number of carbonyl (C=O) groups is 1. The predicted molar refractivity (Wildman–Crippen MR) is 74.2 cm³/mol. The maximum atomic E-state index is 11.1. The van der Waals surface area contributed by atoms with Gasteiger partial charge in [-0.25, -0.2) is 5.48 Å². The summed E-state index contributed by atoms with van der Waals surface area (Å²) in [5.74, 6) is 0.101. The predicted octanol–water partition coefficient (Wildman–Crippen LogP) is 2.68. The van der Waals surface area contributed by atoms with E-state index >= 15 is 0 Å². The second-order valence-corrected chi connectivity index (χ2v) is 4.22. The molecule has 0 heterocycles. The van der Waals surface area contributed by atoms with Gasteiger partial charge in [0.05, 0.1) is 7.11 Å². The highest BCUT2D eigenvalue weighted by Crippen LogP contribution is 2.29. The van der Waals surface area contributed by atoms with Crippen molar-refractivity contribution in [2.75, 3.05) is 7.11 Å². The normalized spacial score (nSPS) is 10.9. The highest BCUT2D eigenvalue weighted by atomic mass is 16.5. The fourth-order valence-electron chi connectivity index (χ4n) is 2.00. The van der Waals surface area contributed by atoms with E-state index in [1.807, 2.05) is 31.2 Å². The van der Waals surface area contributed by atoms with Crippen molar-refractivity contribution in [2.45, 2.75) is 6.92 Å². The third-order valence-corrected chi connectivity index (χ3v) is 2.91. The van der Waals surface area contributed by atoms with Gasteiger partial charge in [-0.3, -0.25) is 10.0 Å². The van der Waals surface area contributed by atoms with Crippen molar-refractivity contribution >= 4 is 22.8 Å². The summed E-state index contributed by atoms with van der Waals surface area (Å²) in [6.07, 6.45) is 2.89. The van der Waals surface area contributed by atoms with Crippen molar-refractivity contribution in [3.8, 4) is 5.75 Å². The molecule has 0 aromatic heterocycles. The summed E-state index contributed by atoms with van der Waals surface area (Å²) in [6.45, 7) is 2.03. The van der Waals surface area contributed by atoms with Crippen LogP contribution in [0.25, 0.3) is 16.8 Å². The van der Waals surface area contributed by atoms with E-state index in [2.05, 4.69) is 6.07 Å². The summed E-state index contributed by atoms with van der Waals surface area (Å²) in [5.41, 5.74) is 3.54. The summed E-state index contributed by atoms with van der Waals surface area (Å²) in [6, 6.07) is 9.90. The van der Waals surface area contributed by atoms with Gasteiger partial charge >= 0.3 is 0 Å². The zero-order chi connectivity index (χ0) is 13.8. The lowest BCUT2D eigenvalue weighted by molar-refractivity contribution is -0.124. The highest BCUT2D eigenvalue weighted by molar-refractivity contribution is 5.98. The minimum absolute atomic E-state index is 0.578. The van der Waals surface area contributed by atoms with E-state index in [0.29, 0.717) is 5.75 Å². The molecule has 0 aliphatic carbocycles. The molecule has 4 heteroatoms. The van der Waals surface area contributed by atoms with E-state index in [0.717, 1.165) is 16.3 Å². The molecule has 2 aromatic rings. The molecule has 0 aliphatic heterocycles. The van der Waals surface area contributed by atoms with Gasteiger partial charge in [-0.1, -0.05) is 29.8 Å². The molecule has 0 unspecified atom stereocenters. The highest BCUT2D eigenvalue weighted by Gasteiger charge is 2.06. The largest absolute Gasteiger partial charge is 0.496 e. The molecule has 1 amide bonds. The average Bonchev–Trinajstić information content (AvgIpc) is 2.43. The number of ether oxygens (including phenoxy) is 1. The number of aryl methyl sites for hydroxylation is 1. The summed E-state index contributed by atoms with van der Waals surface area (Å²) < 4.78 is 5.30. The van der Waals surface area contributed by atoms with Gasteiger partial charge in [0.1, 0.15) is 5.75 Å². The van der Waals surface area contributed by atoms with Crippen molar-refractivity contribution in [2.24, 2.45) is 0 Å². The molecule has 0 bridgehead atoms. The molecule has 0 aliphatic rings. The summed E-state index contributed by atoms with van der Waals surface area (Å²) in [7, 11) is 1.58. The first-order chi connectivity index (χ1) is 9.15. The Morgan fingerprint density at radius 3 is 2.79 bits per heavy atom. The number of rotatable bonds is 3. The van der Waals surface area contributed by atoms with E-state index in [4.69, 9.17) is 9.94 Å². The van der Waals surface area contributed by atoms with Crippen LogP contribution in [0.15, 0.2) is 36.4 Å². The zero-order valence-electron chi connectivity index (χ0n) is 10.8. The maximum Gasteiger partial charge on any atom is 0.267 e. The monoisotopic (exact) mass is 257 g/mol. The maximum absolute atomic E-state index is 11.1. The number of nitrogens with one attached hydrogen (secondary N) is 1. The summed E-state index contributed by atoms with van der Waals surface area (Å²) >= 11 is 0. The first-order valence-electron chi connectivity index (χ1n) is 5.85. The van der Waals surface area contributed by atoms with E-state index in [-0.39, 0.29) is 0 Å². The van der Waals surface area contributed by atoms with Crippen molar-refractivity contribution in [1.29, 1.82) is 0 Å². The fourth-order valence-corrected chi connectivity index (χ4v) is 2.00. The topological polar surface area (TPSA) is 58.6 Å². The fraction of sp³-hybridized carbons (Fsp3) is 0.133. The third-order valence-electron chi connectivity index (χ3n) is 2.91. The number of amides is 1. The standard InChI is InChI=1S/C15H15NO3/c1-10-3-5-12-11(9-10)4-7-14(19-2)13(12)6-8-15(17)16-18/h3-9,18H,1-2H3,(H,16,17)/b8-6+. The molecule has 0 saturated heterocycles. The quantitative estimate of drug-likeness (QED) is 0.505. The van der Waals surface area contributed by atoms with Crippen LogP contribution in [0.1, 0.15) is 11.1 Å². The number of hydrogen-bond acceptors (Lipinski definition) is 3. The molecule has 0 atom stereocenters. The molecule has 0 radical (unpaired) electrons. The van der Waals surface area contributed by atoms with Gasteiger partial charge < -0.3 is 4.74 Å². The Bertz CT molecular complexity index is 647. The minimum atomic E-state index is -0.578. The molecule has 4 nitrogen and oxygen atoms in total. The molecule has 0 spiro atoms. The van der Waals surface area contributed by atoms with Gasteiger partial charge in [-0.15, -0.1) is 0 Å². The zero-order valence-corrected chi connectivity index (χ0v) is 10.8. The van der Waals surface area contributed by atoms with E-state index in [1.165, 1.54) is 11.6 Å². The SMILES string of the molecule is COc1ccc2cc(C)ccc2c1/C=C/C(=O)NO. The van der Waals surface area contributed by atoms with Crippen LogP contribution in [-0.4, -0.2) is 18.2 Å². The lowest BCUT2D eigenvalue weighted by atomic mass is 10.0. The van der Waals surface area contributed by atoms with Crippen molar-refractivity contribution < 1.29 is 14.7 Å². The van der Waals surface area contributed by atoms with E-state index in [1.54, 1.807) is 18.7 Å². The second-order valence-electron chi connectivity index (χ2n) is 4.22. The molecule has 19 heavy (non-hydrogen) atoms. The average molecular weight is 257 g/mol. The molecule has 2 aromatic carbocycles. The lowest BCUT2D eigenvalue weighted by Gasteiger charge is -2.09. The Hall–Kier alpha value is -2.33. The van der Waals surface area contributed by atoms with Gasteiger partial charge in [-0.05, 0) is 29.8 Å². The van der Waals surface area contributed by atoms with Crippen molar-refractivity contribution in [3.63, 3.8) is 0 Å². The van der Waals surface area contributed by atoms with Crippen LogP contribution >= 0.6 is 0 Å². The smallest absolute Gasteiger partial charge is 0.267 e. The Morgan fingerprint density at radius 2 is 2.11 bits per heavy atom. The molecule has 2 rings (SSSR count). The Kier molecular flexibility index (Phi) is 3.82. The number of benzene rings is 2. The van der Waals surface area contributed by atoms with E-state index < -0.39 is 5.91 Å². The molecule has 98 valence electrons. The molecular formula is C15H15NO3. The number of fused-ring (bicyclic) bond motifs is 1. The molecular weight excluding hydrogens is 242 g/mol. The Balaban J connectivity index is 2.61. The molecule has 2 N–H and O–H groups in total. The number of hydrogen-bond donors (Lipinski definition) is 2. The van der Waals surface area contributed by atoms with Gasteiger partial charge in [0.25, 0.3) is 5.91 Å². The van der Waals surface area contributed by atoms with Crippen LogP contribution in [0.2, 0.25) is 0 Å². The van der Waals surface area contributed by atoms with Gasteiger partial charge in [0.15, 0.2) is 0 Å². The number of carbonyl (C=O) groups excluding carboxylic acids is 1. The van der Waals surface area contributed by atoms with Crippen LogP contribution in [0, 0.1) is 6.92 Å². The minimum Gasteiger partial charge on any atom is -0.496 e. The Labute approximate surface area is 111 Å². The first-order valence-corrected chi connectivity index (χ1v) is 5.85. The first kappa shape index (κ1) is 13.1. The second kappa shape index (κ2) is 5.54. The van der Waals surface area contributed by atoms with Crippen LogP contribution in [0.4, 0.5) is 0 Å². The lowest BCUT2D eigenvalue weighted by Crippen LogP contribution is -2.14. The van der Waals surface area contributed by atoms with Crippen LogP contribution in [0.5, 0.6) is 5.75 Å². The molecule has 0 saturated carbocycles.